The monoisotopic (exact) mass is 232 g/mol. The van der Waals surface area contributed by atoms with Crippen molar-refractivity contribution in [3.63, 3.8) is 0 Å². The van der Waals surface area contributed by atoms with E-state index in [9.17, 15) is 0 Å². The third-order valence-electron chi connectivity index (χ3n) is 2.79. The third kappa shape index (κ3) is 2.58. The highest BCUT2D eigenvalue weighted by Gasteiger charge is 2.14. The molecule has 0 spiro atoms. The summed E-state index contributed by atoms with van der Waals surface area (Å²) < 4.78 is 2.02. The van der Waals surface area contributed by atoms with E-state index in [4.69, 9.17) is 5.73 Å². The van der Waals surface area contributed by atoms with Crippen LogP contribution in [0.2, 0.25) is 0 Å². The topological polar surface area (TPSA) is 47.1 Å². The normalized spacial score (nSPS) is 12.1. The molecule has 4 heteroatoms. The predicted octanol–water partition coefficient (Wildman–Crippen LogP) is 1.75. The van der Waals surface area contributed by atoms with Crippen LogP contribution in [0.4, 0.5) is 5.69 Å². The van der Waals surface area contributed by atoms with Crippen LogP contribution in [-0.4, -0.2) is 28.7 Å². The SMILES string of the molecule is CN(CC(C)(C)N)c1ccc2c(c1)ncn2C. The average Bonchev–Trinajstić information content (AvgIpc) is 2.57. The molecule has 2 aromatic rings. The number of aryl methyl sites for hydroxylation is 1. The number of fused-ring (bicyclic) bond motifs is 1. The number of nitrogens with zero attached hydrogens (tertiary/aromatic N) is 3. The van der Waals surface area contributed by atoms with Gasteiger partial charge in [-0.1, -0.05) is 0 Å². The Morgan fingerprint density at radius 1 is 1.41 bits per heavy atom. The Morgan fingerprint density at radius 2 is 2.12 bits per heavy atom. The van der Waals surface area contributed by atoms with Gasteiger partial charge in [0.05, 0.1) is 17.4 Å². The van der Waals surface area contributed by atoms with E-state index in [0.717, 1.165) is 23.3 Å². The van der Waals surface area contributed by atoms with Crippen molar-refractivity contribution in [1.29, 1.82) is 0 Å². The fourth-order valence-corrected chi connectivity index (χ4v) is 2.06. The summed E-state index contributed by atoms with van der Waals surface area (Å²) in [6.45, 7) is 4.87. The molecule has 92 valence electrons. The Labute approximate surface area is 102 Å². The van der Waals surface area contributed by atoms with Crippen molar-refractivity contribution >= 4 is 16.7 Å². The van der Waals surface area contributed by atoms with E-state index in [1.807, 2.05) is 31.8 Å². The minimum atomic E-state index is -0.201. The first-order valence-electron chi connectivity index (χ1n) is 5.78. The van der Waals surface area contributed by atoms with E-state index in [0.29, 0.717) is 0 Å². The van der Waals surface area contributed by atoms with Gasteiger partial charge in [0, 0.05) is 31.9 Å². The van der Waals surface area contributed by atoms with Gasteiger partial charge >= 0.3 is 0 Å². The van der Waals surface area contributed by atoms with Gasteiger partial charge in [-0.05, 0) is 32.0 Å². The highest BCUT2D eigenvalue weighted by Crippen LogP contribution is 2.20. The molecule has 0 radical (unpaired) electrons. The molecule has 4 nitrogen and oxygen atoms in total. The second kappa shape index (κ2) is 4.04. The Bertz CT molecular complexity index is 522. The van der Waals surface area contributed by atoms with Crippen molar-refractivity contribution in [1.82, 2.24) is 9.55 Å². The van der Waals surface area contributed by atoms with Crippen molar-refractivity contribution in [2.45, 2.75) is 19.4 Å². The number of hydrogen-bond acceptors (Lipinski definition) is 3. The van der Waals surface area contributed by atoms with Crippen LogP contribution >= 0.6 is 0 Å². The number of imidazole rings is 1. The molecule has 0 amide bonds. The second-order valence-electron chi connectivity index (χ2n) is 5.37. The van der Waals surface area contributed by atoms with Crippen LogP contribution in [0.3, 0.4) is 0 Å². The molecule has 1 aromatic carbocycles. The number of nitrogens with two attached hydrogens (primary N) is 1. The van der Waals surface area contributed by atoms with Crippen molar-refractivity contribution < 1.29 is 0 Å². The maximum Gasteiger partial charge on any atom is 0.0955 e. The van der Waals surface area contributed by atoms with Gasteiger partial charge in [-0.15, -0.1) is 0 Å². The van der Waals surface area contributed by atoms with E-state index < -0.39 is 0 Å². The van der Waals surface area contributed by atoms with Gasteiger partial charge in [0.15, 0.2) is 0 Å². The summed E-state index contributed by atoms with van der Waals surface area (Å²) >= 11 is 0. The number of anilines is 1. The Balaban J connectivity index is 2.30. The first-order chi connectivity index (χ1) is 7.87. The van der Waals surface area contributed by atoms with E-state index in [2.05, 4.69) is 35.1 Å². The largest absolute Gasteiger partial charge is 0.373 e. The molecule has 0 bridgehead atoms. The van der Waals surface area contributed by atoms with E-state index in [1.165, 1.54) is 0 Å². The van der Waals surface area contributed by atoms with Crippen molar-refractivity contribution in [3.8, 4) is 0 Å². The summed E-state index contributed by atoms with van der Waals surface area (Å²) in [7, 11) is 4.06. The summed E-state index contributed by atoms with van der Waals surface area (Å²) in [5.74, 6) is 0. The summed E-state index contributed by atoms with van der Waals surface area (Å²) in [5.41, 5.74) is 9.14. The van der Waals surface area contributed by atoms with Crippen molar-refractivity contribution in [3.05, 3.63) is 24.5 Å². The molecule has 0 aliphatic carbocycles. The lowest BCUT2D eigenvalue weighted by Crippen LogP contribution is -2.44. The lowest BCUT2D eigenvalue weighted by molar-refractivity contribution is 0.519. The van der Waals surface area contributed by atoms with Crippen LogP contribution in [0.1, 0.15) is 13.8 Å². The number of aromatic nitrogens is 2. The van der Waals surface area contributed by atoms with E-state index in [-0.39, 0.29) is 5.54 Å². The highest BCUT2D eigenvalue weighted by atomic mass is 15.1. The van der Waals surface area contributed by atoms with Gasteiger partial charge in [-0.3, -0.25) is 0 Å². The zero-order chi connectivity index (χ0) is 12.6. The minimum Gasteiger partial charge on any atom is -0.373 e. The summed E-state index contributed by atoms with van der Waals surface area (Å²) in [4.78, 5) is 6.52. The first kappa shape index (κ1) is 11.9. The number of benzene rings is 1. The van der Waals surface area contributed by atoms with Crippen LogP contribution in [-0.2, 0) is 7.05 Å². The van der Waals surface area contributed by atoms with Gasteiger partial charge in [-0.25, -0.2) is 4.98 Å². The summed E-state index contributed by atoms with van der Waals surface area (Å²) in [6.07, 6.45) is 1.83. The molecule has 0 saturated heterocycles. The van der Waals surface area contributed by atoms with Crippen LogP contribution in [0.15, 0.2) is 24.5 Å². The molecule has 0 unspecified atom stereocenters. The molecule has 1 aromatic heterocycles. The molecule has 1 heterocycles. The molecule has 2 N–H and O–H groups in total. The van der Waals surface area contributed by atoms with Gasteiger partial charge in [0.25, 0.3) is 0 Å². The lowest BCUT2D eigenvalue weighted by Gasteiger charge is -2.28. The zero-order valence-electron chi connectivity index (χ0n) is 10.9. The fourth-order valence-electron chi connectivity index (χ4n) is 2.06. The second-order valence-corrected chi connectivity index (χ2v) is 5.37. The number of likely N-dealkylation sites (N-methyl/N-ethyl adjacent to an activating group) is 1. The Kier molecular flexibility index (Phi) is 2.83. The molecular weight excluding hydrogens is 212 g/mol. The first-order valence-corrected chi connectivity index (χ1v) is 5.78. The molecule has 0 saturated carbocycles. The van der Waals surface area contributed by atoms with Crippen LogP contribution in [0.5, 0.6) is 0 Å². The summed E-state index contributed by atoms with van der Waals surface area (Å²) in [6, 6.07) is 6.30. The lowest BCUT2D eigenvalue weighted by atomic mass is 10.1. The van der Waals surface area contributed by atoms with E-state index >= 15 is 0 Å². The van der Waals surface area contributed by atoms with Gasteiger partial charge in [-0.2, -0.15) is 0 Å². The van der Waals surface area contributed by atoms with E-state index in [1.54, 1.807) is 0 Å². The molecular formula is C13H20N4. The maximum atomic E-state index is 6.03. The third-order valence-corrected chi connectivity index (χ3v) is 2.79. The average molecular weight is 232 g/mol. The quantitative estimate of drug-likeness (QED) is 0.877. The number of hydrogen-bond donors (Lipinski definition) is 1. The molecule has 2 rings (SSSR count). The molecule has 0 fully saturated rings. The van der Waals surface area contributed by atoms with Crippen molar-refractivity contribution in [2.75, 3.05) is 18.5 Å². The minimum absolute atomic E-state index is 0.201. The van der Waals surface area contributed by atoms with Gasteiger partial charge in [0.2, 0.25) is 0 Å². The predicted molar refractivity (Wildman–Crippen MR) is 72.3 cm³/mol. The molecule has 0 atom stereocenters. The van der Waals surface area contributed by atoms with Crippen molar-refractivity contribution in [2.24, 2.45) is 12.8 Å². The summed E-state index contributed by atoms with van der Waals surface area (Å²) in [5, 5.41) is 0. The Morgan fingerprint density at radius 3 is 2.76 bits per heavy atom. The smallest absolute Gasteiger partial charge is 0.0955 e. The molecule has 17 heavy (non-hydrogen) atoms. The fraction of sp³-hybridized carbons (Fsp3) is 0.462. The highest BCUT2D eigenvalue weighted by molar-refractivity contribution is 5.79. The van der Waals surface area contributed by atoms with Crippen LogP contribution in [0, 0.1) is 0 Å². The standard InChI is InChI=1S/C13H20N4/c1-13(2,14)8-16(3)10-5-6-12-11(7-10)15-9-17(12)4/h5-7,9H,8,14H2,1-4H3. The van der Waals surface area contributed by atoms with Gasteiger partial charge < -0.3 is 15.2 Å². The van der Waals surface area contributed by atoms with Crippen LogP contribution in [0.25, 0.3) is 11.0 Å². The van der Waals surface area contributed by atoms with Crippen LogP contribution < -0.4 is 10.6 Å². The number of rotatable bonds is 3. The van der Waals surface area contributed by atoms with Gasteiger partial charge in [0.1, 0.15) is 0 Å². The zero-order valence-corrected chi connectivity index (χ0v) is 10.9. The Hall–Kier alpha value is -1.55. The molecule has 0 aliphatic heterocycles. The molecule has 0 aliphatic rings. The maximum absolute atomic E-state index is 6.03.